The Hall–Kier alpha value is -1.39. The molecule has 1 N–H and O–H groups in total. The molecule has 0 aliphatic carbocycles. The third-order valence-electron chi connectivity index (χ3n) is 1.95. The Bertz CT molecular complexity index is 355. The van der Waals surface area contributed by atoms with Crippen LogP contribution in [0.5, 0.6) is 0 Å². The van der Waals surface area contributed by atoms with Gasteiger partial charge in [-0.15, -0.1) is 5.06 Å². The van der Waals surface area contributed by atoms with Crippen molar-refractivity contribution in [2.75, 3.05) is 0 Å². The summed E-state index contributed by atoms with van der Waals surface area (Å²) in [5, 5.41) is 2.55. The molecular formula is C8H9IN2O6. The maximum absolute atomic E-state index is 11.4. The molecule has 1 aliphatic rings. The molecule has 0 saturated carbocycles. The summed E-state index contributed by atoms with van der Waals surface area (Å²) >= 11 is 1.34. The number of carbonyl (C=O) groups is 4. The van der Waals surface area contributed by atoms with Crippen molar-refractivity contribution >= 4 is 46.9 Å². The Morgan fingerprint density at radius 2 is 1.88 bits per heavy atom. The number of carbonyl (C=O) groups excluding carboxylic acids is 4. The second-order valence-corrected chi connectivity index (χ2v) is 3.66. The molecule has 17 heavy (non-hydrogen) atoms. The maximum Gasteiger partial charge on any atom is 0.417 e. The van der Waals surface area contributed by atoms with E-state index in [2.05, 4.69) is 13.2 Å². The number of halogens is 1. The van der Waals surface area contributed by atoms with Gasteiger partial charge >= 0.3 is 12.1 Å². The number of hydroxylamine groups is 2. The summed E-state index contributed by atoms with van der Waals surface area (Å²) in [7, 11) is 0. The molecule has 0 aromatic carbocycles. The van der Waals surface area contributed by atoms with E-state index in [1.165, 1.54) is 29.9 Å². The molecule has 1 saturated heterocycles. The first-order chi connectivity index (χ1) is 7.95. The minimum Gasteiger partial charge on any atom is -0.378 e. The van der Waals surface area contributed by atoms with Crippen LogP contribution < -0.4 is 5.32 Å². The topological polar surface area (TPSA) is 102 Å². The van der Waals surface area contributed by atoms with Crippen LogP contribution >= 0.6 is 23.0 Å². The van der Waals surface area contributed by atoms with Crippen LogP contribution in [0, 0.1) is 0 Å². The second-order valence-electron chi connectivity index (χ2n) is 3.22. The summed E-state index contributed by atoms with van der Waals surface area (Å²) < 4.78 is 4.25. The summed E-state index contributed by atoms with van der Waals surface area (Å²) in [6, 6.07) is -1.03. The van der Waals surface area contributed by atoms with E-state index < -0.39 is 29.9 Å². The molecular weight excluding hydrogens is 347 g/mol. The highest BCUT2D eigenvalue weighted by Crippen LogP contribution is 2.12. The lowest BCUT2D eigenvalue weighted by molar-refractivity contribution is -0.198. The van der Waals surface area contributed by atoms with Gasteiger partial charge in [0, 0.05) is 12.8 Å². The lowest BCUT2D eigenvalue weighted by Crippen LogP contribution is -2.43. The monoisotopic (exact) mass is 356 g/mol. The van der Waals surface area contributed by atoms with Gasteiger partial charge in [-0.05, 0) is 6.92 Å². The van der Waals surface area contributed by atoms with Crippen molar-refractivity contribution in [3.05, 3.63) is 0 Å². The van der Waals surface area contributed by atoms with Crippen molar-refractivity contribution in [1.29, 1.82) is 0 Å². The normalized spacial score (nSPS) is 16.7. The highest BCUT2D eigenvalue weighted by atomic mass is 127. The van der Waals surface area contributed by atoms with Crippen molar-refractivity contribution in [3.8, 4) is 0 Å². The predicted molar refractivity (Wildman–Crippen MR) is 60.3 cm³/mol. The van der Waals surface area contributed by atoms with Crippen LogP contribution in [0.4, 0.5) is 4.79 Å². The van der Waals surface area contributed by atoms with Crippen LogP contribution in [0.25, 0.3) is 0 Å². The van der Waals surface area contributed by atoms with E-state index in [1.54, 1.807) is 0 Å². The molecule has 1 unspecified atom stereocenters. The van der Waals surface area contributed by atoms with E-state index >= 15 is 0 Å². The van der Waals surface area contributed by atoms with Crippen molar-refractivity contribution in [2.45, 2.75) is 25.8 Å². The largest absolute Gasteiger partial charge is 0.417 e. The van der Waals surface area contributed by atoms with Gasteiger partial charge in [0.05, 0.1) is 0 Å². The number of hydrogen-bond acceptors (Lipinski definition) is 6. The summed E-state index contributed by atoms with van der Waals surface area (Å²) in [5.74, 6) is -2.07. The molecule has 94 valence electrons. The Morgan fingerprint density at radius 1 is 1.35 bits per heavy atom. The molecule has 9 heteroatoms. The molecule has 0 spiro atoms. The van der Waals surface area contributed by atoms with Gasteiger partial charge in [0.1, 0.15) is 6.04 Å². The summed E-state index contributed by atoms with van der Waals surface area (Å²) in [6.45, 7) is 1.33. The molecule has 1 fully saturated rings. The van der Waals surface area contributed by atoms with E-state index in [-0.39, 0.29) is 12.8 Å². The fourth-order valence-corrected chi connectivity index (χ4v) is 1.21. The van der Waals surface area contributed by atoms with Crippen LogP contribution in [-0.2, 0) is 22.3 Å². The van der Waals surface area contributed by atoms with Gasteiger partial charge in [0.2, 0.25) is 0 Å². The van der Waals surface area contributed by atoms with Crippen molar-refractivity contribution in [1.82, 2.24) is 10.4 Å². The molecule has 0 radical (unpaired) electrons. The maximum atomic E-state index is 11.4. The zero-order valence-corrected chi connectivity index (χ0v) is 10.9. The van der Waals surface area contributed by atoms with Crippen LogP contribution in [0.2, 0.25) is 0 Å². The predicted octanol–water partition coefficient (Wildman–Crippen LogP) is 0.0583. The summed E-state index contributed by atoms with van der Waals surface area (Å²) in [5.41, 5.74) is 0. The Kier molecular flexibility index (Phi) is 4.66. The molecule has 0 bridgehead atoms. The van der Waals surface area contributed by atoms with Crippen LogP contribution in [0.15, 0.2) is 0 Å². The van der Waals surface area contributed by atoms with Gasteiger partial charge in [-0.2, -0.15) is 0 Å². The third-order valence-corrected chi connectivity index (χ3v) is 2.35. The Balaban J connectivity index is 2.51. The first-order valence-corrected chi connectivity index (χ1v) is 5.50. The number of rotatable bonds is 3. The quantitative estimate of drug-likeness (QED) is 0.567. The average molecular weight is 356 g/mol. The fraction of sp³-hybridized carbons (Fsp3) is 0.500. The van der Waals surface area contributed by atoms with Crippen LogP contribution in [0.1, 0.15) is 19.8 Å². The van der Waals surface area contributed by atoms with Crippen LogP contribution in [-0.4, -0.2) is 35.0 Å². The van der Waals surface area contributed by atoms with Crippen molar-refractivity contribution < 1.29 is 27.1 Å². The standard InChI is InChI=1S/C8H9IN2O6/c1-4(10-8(15)16-9)7(14)17-11-5(12)2-3-6(11)13/h4H,2-3H2,1H3,(H,10,15). The van der Waals surface area contributed by atoms with E-state index in [0.29, 0.717) is 5.06 Å². The number of nitrogens with one attached hydrogen (secondary N) is 1. The van der Waals surface area contributed by atoms with E-state index in [1.807, 2.05) is 0 Å². The summed E-state index contributed by atoms with van der Waals surface area (Å²) in [6.07, 6.45) is -0.790. The molecule has 8 nitrogen and oxygen atoms in total. The van der Waals surface area contributed by atoms with E-state index in [0.717, 1.165) is 0 Å². The smallest absolute Gasteiger partial charge is 0.378 e. The zero-order valence-electron chi connectivity index (χ0n) is 8.77. The third kappa shape index (κ3) is 3.54. The van der Waals surface area contributed by atoms with Gasteiger partial charge in [-0.1, -0.05) is 0 Å². The van der Waals surface area contributed by atoms with Crippen LogP contribution in [0.3, 0.4) is 0 Å². The van der Waals surface area contributed by atoms with Gasteiger partial charge < -0.3 is 13.2 Å². The molecule has 1 atom stereocenters. The molecule has 1 aliphatic heterocycles. The average Bonchev–Trinajstić information content (AvgIpc) is 2.60. The molecule has 3 amide bonds. The fourth-order valence-electron chi connectivity index (χ4n) is 1.08. The highest BCUT2D eigenvalue weighted by molar-refractivity contribution is 14.1. The lowest BCUT2D eigenvalue weighted by atomic mass is 10.3. The lowest BCUT2D eigenvalue weighted by Gasteiger charge is -2.16. The van der Waals surface area contributed by atoms with Gasteiger partial charge in [-0.3, -0.25) is 9.59 Å². The minimum absolute atomic E-state index is 0.0176. The summed E-state index contributed by atoms with van der Waals surface area (Å²) in [4.78, 5) is 49.0. The number of nitrogens with zero attached hydrogens (tertiary/aromatic N) is 1. The first kappa shape index (κ1) is 13.7. The van der Waals surface area contributed by atoms with Gasteiger partial charge in [0.25, 0.3) is 11.8 Å². The van der Waals surface area contributed by atoms with Gasteiger partial charge in [0.15, 0.2) is 23.0 Å². The second kappa shape index (κ2) is 5.80. The number of amides is 3. The Morgan fingerprint density at radius 3 is 2.35 bits per heavy atom. The van der Waals surface area contributed by atoms with Crippen molar-refractivity contribution in [2.24, 2.45) is 0 Å². The zero-order chi connectivity index (χ0) is 13.0. The van der Waals surface area contributed by atoms with Crippen molar-refractivity contribution in [3.63, 3.8) is 0 Å². The van der Waals surface area contributed by atoms with E-state index in [9.17, 15) is 19.2 Å². The first-order valence-electron chi connectivity index (χ1n) is 4.62. The number of imide groups is 1. The molecule has 0 aromatic rings. The minimum atomic E-state index is -1.03. The highest BCUT2D eigenvalue weighted by Gasteiger charge is 2.34. The Labute approximate surface area is 110 Å². The van der Waals surface area contributed by atoms with E-state index in [4.69, 9.17) is 0 Å². The number of hydrogen-bond donors (Lipinski definition) is 1. The molecule has 0 aromatic heterocycles. The van der Waals surface area contributed by atoms with Gasteiger partial charge in [-0.25, -0.2) is 9.59 Å². The molecule has 1 rings (SSSR count). The molecule has 1 heterocycles. The SMILES string of the molecule is CC(NC(=O)OI)C(=O)ON1C(=O)CCC1=O.